The van der Waals surface area contributed by atoms with Gasteiger partial charge in [0.05, 0.1) is 5.52 Å². The fraction of sp³-hybridized carbons (Fsp3) is 0.286. The van der Waals surface area contributed by atoms with Gasteiger partial charge in [-0.2, -0.15) is 0 Å². The smallest absolute Gasteiger partial charge is 0.160 e. The van der Waals surface area contributed by atoms with E-state index >= 15 is 0 Å². The number of aromatic nitrogens is 1. The summed E-state index contributed by atoms with van der Waals surface area (Å²) in [5.41, 5.74) is 1.68. The lowest BCUT2D eigenvalue weighted by molar-refractivity contribution is 0.510. The summed E-state index contributed by atoms with van der Waals surface area (Å²) in [6.07, 6.45) is 4.18. The molecule has 3 rings (SSSR count). The molecule has 1 aliphatic carbocycles. The molecule has 0 saturated heterocycles. The number of halogens is 2. The third-order valence-corrected chi connectivity index (χ3v) is 3.32. The summed E-state index contributed by atoms with van der Waals surface area (Å²) in [7, 11) is 0. The number of hydrogen-bond acceptors (Lipinski definition) is 0. The molecule has 1 aromatic heterocycles. The number of rotatable bonds is 3. The van der Waals surface area contributed by atoms with Crippen molar-refractivity contribution in [1.82, 2.24) is 4.57 Å². The third-order valence-electron chi connectivity index (χ3n) is 3.32. The van der Waals surface area contributed by atoms with Gasteiger partial charge < -0.3 is 4.57 Å². The average Bonchev–Trinajstić information content (AvgIpc) is 3.06. The van der Waals surface area contributed by atoms with E-state index in [0.29, 0.717) is 5.92 Å². The molecule has 3 heteroatoms. The van der Waals surface area contributed by atoms with Crippen molar-refractivity contribution in [2.75, 3.05) is 0 Å². The molecule has 1 aliphatic rings. The quantitative estimate of drug-likeness (QED) is 0.755. The summed E-state index contributed by atoms with van der Waals surface area (Å²) >= 11 is 0. The molecule has 0 atom stereocenters. The Balaban J connectivity index is 2.20. The van der Waals surface area contributed by atoms with Crippen LogP contribution in [0.3, 0.4) is 0 Å². The van der Waals surface area contributed by atoms with Crippen molar-refractivity contribution in [3.63, 3.8) is 0 Å². The van der Waals surface area contributed by atoms with Crippen LogP contribution in [0.1, 0.15) is 18.5 Å². The Morgan fingerprint density at radius 1 is 1.24 bits per heavy atom. The number of fused-ring (bicyclic) bond motifs is 1. The molecule has 0 unspecified atom stereocenters. The highest BCUT2D eigenvalue weighted by molar-refractivity contribution is 5.83. The van der Waals surface area contributed by atoms with Gasteiger partial charge in [0.2, 0.25) is 0 Å². The molecule has 0 radical (unpaired) electrons. The molecule has 1 heterocycles. The first-order valence-electron chi connectivity index (χ1n) is 5.80. The van der Waals surface area contributed by atoms with E-state index in [-0.39, 0.29) is 0 Å². The predicted octanol–water partition coefficient (Wildman–Crippen LogP) is 3.97. The van der Waals surface area contributed by atoms with Crippen LogP contribution in [0.4, 0.5) is 8.78 Å². The molecule has 88 valence electrons. The van der Waals surface area contributed by atoms with Crippen molar-refractivity contribution in [1.29, 1.82) is 0 Å². The second-order valence-corrected chi connectivity index (χ2v) is 4.65. The highest BCUT2D eigenvalue weighted by Crippen LogP contribution is 2.33. The van der Waals surface area contributed by atoms with Crippen LogP contribution in [0.5, 0.6) is 0 Å². The zero-order valence-electron chi connectivity index (χ0n) is 9.42. The molecular weight excluding hydrogens is 220 g/mol. The predicted molar refractivity (Wildman–Crippen MR) is 64.7 cm³/mol. The topological polar surface area (TPSA) is 4.93 Å². The lowest BCUT2D eigenvalue weighted by Crippen LogP contribution is -2.01. The minimum absolute atomic E-state index is 0.678. The fourth-order valence-corrected chi connectivity index (χ4v) is 2.21. The molecule has 0 N–H and O–H groups in total. The minimum Gasteiger partial charge on any atom is -0.341 e. The zero-order chi connectivity index (χ0) is 12.0. The third kappa shape index (κ3) is 1.75. The van der Waals surface area contributed by atoms with Gasteiger partial charge in [0, 0.05) is 23.7 Å². The normalized spacial score (nSPS) is 15.4. The van der Waals surface area contributed by atoms with E-state index in [1.807, 2.05) is 10.6 Å². The molecule has 0 spiro atoms. The second kappa shape index (κ2) is 3.69. The molecule has 1 fully saturated rings. The summed E-state index contributed by atoms with van der Waals surface area (Å²) in [4.78, 5) is 0. The first-order valence-corrected chi connectivity index (χ1v) is 5.80. The van der Waals surface area contributed by atoms with Crippen molar-refractivity contribution in [3.8, 4) is 0 Å². The van der Waals surface area contributed by atoms with Crippen molar-refractivity contribution in [2.24, 2.45) is 5.92 Å². The maximum atomic E-state index is 13.3. The zero-order valence-corrected chi connectivity index (χ0v) is 9.42. The van der Waals surface area contributed by atoms with Crippen molar-refractivity contribution >= 4 is 17.0 Å². The van der Waals surface area contributed by atoms with Gasteiger partial charge in [-0.3, -0.25) is 0 Å². The Morgan fingerprint density at radius 2 is 1.94 bits per heavy atom. The van der Waals surface area contributed by atoms with Crippen LogP contribution in [-0.4, -0.2) is 4.57 Å². The van der Waals surface area contributed by atoms with Gasteiger partial charge >= 0.3 is 0 Å². The van der Waals surface area contributed by atoms with E-state index in [1.54, 1.807) is 6.08 Å². The standard InChI is InChI=1S/C14H13F2N/c1-2-11-5-10-6-12(15)13(16)7-14(10)17(11)8-9-3-4-9/h2,5-7,9H,1,3-4,8H2. The van der Waals surface area contributed by atoms with E-state index in [1.165, 1.54) is 25.0 Å². The fourth-order valence-electron chi connectivity index (χ4n) is 2.21. The Morgan fingerprint density at radius 3 is 2.59 bits per heavy atom. The molecule has 1 nitrogen and oxygen atoms in total. The van der Waals surface area contributed by atoms with Gasteiger partial charge in [0.1, 0.15) is 0 Å². The molecule has 17 heavy (non-hydrogen) atoms. The molecule has 0 bridgehead atoms. The van der Waals surface area contributed by atoms with Crippen molar-refractivity contribution < 1.29 is 8.78 Å². The van der Waals surface area contributed by atoms with Crippen LogP contribution in [-0.2, 0) is 6.54 Å². The number of nitrogens with zero attached hydrogens (tertiary/aromatic N) is 1. The van der Waals surface area contributed by atoms with E-state index in [0.717, 1.165) is 23.1 Å². The Labute approximate surface area is 98.4 Å². The van der Waals surface area contributed by atoms with Crippen LogP contribution in [0, 0.1) is 17.6 Å². The van der Waals surface area contributed by atoms with E-state index < -0.39 is 11.6 Å². The van der Waals surface area contributed by atoms with Gasteiger partial charge in [-0.1, -0.05) is 6.58 Å². The Kier molecular flexibility index (Phi) is 2.28. The number of hydrogen-bond donors (Lipinski definition) is 0. The summed E-state index contributed by atoms with van der Waals surface area (Å²) in [6.45, 7) is 4.62. The summed E-state index contributed by atoms with van der Waals surface area (Å²) in [5, 5.41) is 0.736. The molecule has 1 aromatic carbocycles. The first kappa shape index (κ1) is 10.5. The first-order chi connectivity index (χ1) is 8.19. The summed E-state index contributed by atoms with van der Waals surface area (Å²) in [5.74, 6) is -0.905. The maximum Gasteiger partial charge on any atom is 0.160 e. The minimum atomic E-state index is -0.795. The molecule has 1 saturated carbocycles. The number of benzene rings is 1. The maximum absolute atomic E-state index is 13.3. The van der Waals surface area contributed by atoms with Gasteiger partial charge in [0.25, 0.3) is 0 Å². The second-order valence-electron chi connectivity index (χ2n) is 4.65. The SMILES string of the molecule is C=Cc1cc2cc(F)c(F)cc2n1CC1CC1. The Hall–Kier alpha value is -1.64. The van der Waals surface area contributed by atoms with Gasteiger partial charge in [0.15, 0.2) is 11.6 Å². The highest BCUT2D eigenvalue weighted by Gasteiger charge is 2.23. The van der Waals surface area contributed by atoms with Crippen LogP contribution < -0.4 is 0 Å². The van der Waals surface area contributed by atoms with Crippen LogP contribution in [0.15, 0.2) is 24.8 Å². The van der Waals surface area contributed by atoms with E-state index in [2.05, 4.69) is 6.58 Å². The average molecular weight is 233 g/mol. The lowest BCUT2D eigenvalue weighted by Gasteiger charge is -2.07. The highest BCUT2D eigenvalue weighted by atomic mass is 19.2. The van der Waals surface area contributed by atoms with Crippen LogP contribution >= 0.6 is 0 Å². The van der Waals surface area contributed by atoms with Gasteiger partial charge in [-0.25, -0.2) is 8.78 Å². The monoisotopic (exact) mass is 233 g/mol. The molecule has 0 aliphatic heterocycles. The van der Waals surface area contributed by atoms with Crippen molar-refractivity contribution in [3.05, 3.63) is 42.1 Å². The van der Waals surface area contributed by atoms with E-state index in [4.69, 9.17) is 0 Å². The molecular formula is C14H13F2N. The molecule has 0 amide bonds. The largest absolute Gasteiger partial charge is 0.341 e. The Bertz CT molecular complexity index is 594. The van der Waals surface area contributed by atoms with Crippen molar-refractivity contribution in [2.45, 2.75) is 19.4 Å². The van der Waals surface area contributed by atoms with Crippen LogP contribution in [0.2, 0.25) is 0 Å². The summed E-state index contributed by atoms with van der Waals surface area (Å²) in [6, 6.07) is 4.38. The van der Waals surface area contributed by atoms with Gasteiger partial charge in [-0.05, 0) is 37.0 Å². The van der Waals surface area contributed by atoms with Gasteiger partial charge in [-0.15, -0.1) is 0 Å². The summed E-state index contributed by atoms with van der Waals surface area (Å²) < 4.78 is 28.5. The van der Waals surface area contributed by atoms with Crippen LogP contribution in [0.25, 0.3) is 17.0 Å². The van der Waals surface area contributed by atoms with E-state index in [9.17, 15) is 8.78 Å². The molecule has 2 aromatic rings. The lowest BCUT2D eigenvalue weighted by atomic mass is 10.2.